The fourth-order valence-corrected chi connectivity index (χ4v) is 2.58. The fourth-order valence-electron chi connectivity index (χ4n) is 2.58. The number of carbonyl (C=O) groups excluding carboxylic acids is 1. The van der Waals surface area contributed by atoms with Crippen molar-refractivity contribution in [2.24, 2.45) is 0 Å². The molecule has 0 atom stereocenters. The number of aromatic nitrogens is 2. The van der Waals surface area contributed by atoms with Gasteiger partial charge in [0.05, 0.1) is 17.1 Å². The molecule has 0 aliphatic rings. The van der Waals surface area contributed by atoms with Crippen LogP contribution in [0.25, 0.3) is 23.5 Å². The molecule has 0 saturated carbocycles. The molecule has 10 nitrogen and oxygen atoms in total. The number of carbonyl (C=O) groups is 1. The van der Waals surface area contributed by atoms with Crippen LogP contribution < -0.4 is 11.2 Å². The van der Waals surface area contributed by atoms with Crippen LogP contribution in [0, 0.1) is 10.1 Å². The van der Waals surface area contributed by atoms with E-state index in [1.54, 1.807) is 48.3 Å². The number of H-pyrrole nitrogens is 2. The van der Waals surface area contributed by atoms with Crippen LogP contribution in [0.1, 0.15) is 28.7 Å². The zero-order valence-electron chi connectivity index (χ0n) is 15.1. The van der Waals surface area contributed by atoms with Crippen molar-refractivity contribution < 1.29 is 18.9 Å². The van der Waals surface area contributed by atoms with E-state index in [0.717, 1.165) is 0 Å². The van der Waals surface area contributed by atoms with Crippen LogP contribution in [0.4, 0.5) is 5.69 Å². The predicted molar refractivity (Wildman–Crippen MR) is 103 cm³/mol. The standard InChI is InChI=1S/C19H15N3O7/c1-2-28-18(24)12-5-3-4-11(10-12)15-9-7-13(29-15)6-8-14-16(22(26)27)17(23)21-19(25)20-14/h3-10H,2H2,1H3,(H2,20,21,23,25)/b8-6+. The highest BCUT2D eigenvalue weighted by atomic mass is 16.6. The zero-order chi connectivity index (χ0) is 21.0. The number of furan rings is 1. The van der Waals surface area contributed by atoms with Gasteiger partial charge in [-0.2, -0.15) is 0 Å². The number of hydrogen-bond acceptors (Lipinski definition) is 7. The first kappa shape index (κ1) is 19.5. The van der Waals surface area contributed by atoms with Crippen LogP contribution in [0.2, 0.25) is 0 Å². The van der Waals surface area contributed by atoms with Crippen molar-refractivity contribution in [1.29, 1.82) is 0 Å². The summed E-state index contributed by atoms with van der Waals surface area (Å²) in [6.45, 7) is 1.97. The molecule has 29 heavy (non-hydrogen) atoms. The van der Waals surface area contributed by atoms with E-state index < -0.39 is 27.8 Å². The van der Waals surface area contributed by atoms with E-state index in [0.29, 0.717) is 22.6 Å². The van der Waals surface area contributed by atoms with Crippen molar-refractivity contribution >= 4 is 23.8 Å². The number of benzene rings is 1. The molecular formula is C19H15N3O7. The smallest absolute Gasteiger partial charge is 0.357 e. The minimum Gasteiger partial charge on any atom is -0.462 e. The Morgan fingerprint density at radius 3 is 2.72 bits per heavy atom. The van der Waals surface area contributed by atoms with Gasteiger partial charge in [-0.1, -0.05) is 12.1 Å². The summed E-state index contributed by atoms with van der Waals surface area (Å²) in [6, 6.07) is 9.91. The zero-order valence-corrected chi connectivity index (χ0v) is 15.1. The summed E-state index contributed by atoms with van der Waals surface area (Å²) in [4.78, 5) is 49.1. The normalized spacial score (nSPS) is 10.9. The number of aromatic amines is 2. The van der Waals surface area contributed by atoms with E-state index >= 15 is 0 Å². The molecule has 2 aromatic heterocycles. The molecule has 0 aliphatic heterocycles. The maximum absolute atomic E-state index is 11.9. The molecule has 1 aromatic carbocycles. The van der Waals surface area contributed by atoms with Gasteiger partial charge in [0.2, 0.25) is 0 Å². The molecule has 0 fully saturated rings. The predicted octanol–water partition coefficient (Wildman–Crippen LogP) is 2.58. The second kappa shape index (κ2) is 8.21. The fraction of sp³-hybridized carbons (Fsp3) is 0.105. The molecule has 0 aliphatic carbocycles. The molecule has 0 bridgehead atoms. The Labute approximate surface area is 162 Å². The summed E-state index contributed by atoms with van der Waals surface area (Å²) in [5.74, 6) is 0.313. The van der Waals surface area contributed by atoms with Crippen LogP contribution in [0.5, 0.6) is 0 Å². The van der Waals surface area contributed by atoms with E-state index in [2.05, 4.69) is 4.98 Å². The van der Waals surface area contributed by atoms with E-state index in [4.69, 9.17) is 9.15 Å². The quantitative estimate of drug-likeness (QED) is 0.369. The molecule has 3 aromatic rings. The topological polar surface area (TPSA) is 148 Å². The number of ether oxygens (including phenoxy) is 1. The highest BCUT2D eigenvalue weighted by Gasteiger charge is 2.19. The van der Waals surface area contributed by atoms with Gasteiger partial charge in [-0.3, -0.25) is 19.9 Å². The van der Waals surface area contributed by atoms with Gasteiger partial charge in [-0.25, -0.2) is 9.59 Å². The highest BCUT2D eigenvalue weighted by Crippen LogP contribution is 2.24. The molecule has 148 valence electrons. The lowest BCUT2D eigenvalue weighted by Crippen LogP contribution is -2.25. The molecule has 10 heteroatoms. The Morgan fingerprint density at radius 2 is 2.00 bits per heavy atom. The number of rotatable bonds is 6. The van der Waals surface area contributed by atoms with Gasteiger partial charge >= 0.3 is 22.9 Å². The number of nitrogens with one attached hydrogen (secondary N) is 2. The van der Waals surface area contributed by atoms with Crippen molar-refractivity contribution in [2.75, 3.05) is 6.61 Å². The first-order valence-corrected chi connectivity index (χ1v) is 8.45. The van der Waals surface area contributed by atoms with Crippen LogP contribution in [-0.2, 0) is 4.74 Å². The molecule has 2 N–H and O–H groups in total. The number of nitro groups is 1. The van der Waals surface area contributed by atoms with Crippen molar-refractivity contribution in [2.45, 2.75) is 6.92 Å². The Hall–Kier alpha value is -4.21. The Balaban J connectivity index is 1.90. The number of nitrogens with zero attached hydrogens (tertiary/aromatic N) is 1. The summed E-state index contributed by atoms with van der Waals surface area (Å²) < 4.78 is 10.6. The average Bonchev–Trinajstić information content (AvgIpc) is 3.15. The van der Waals surface area contributed by atoms with Crippen molar-refractivity contribution in [3.05, 3.63) is 84.4 Å². The monoisotopic (exact) mass is 397 g/mol. The Kier molecular flexibility index (Phi) is 5.54. The van der Waals surface area contributed by atoms with Gasteiger partial charge in [-0.05, 0) is 43.3 Å². The van der Waals surface area contributed by atoms with Gasteiger partial charge in [-0.15, -0.1) is 0 Å². The van der Waals surface area contributed by atoms with Crippen LogP contribution in [0.3, 0.4) is 0 Å². The summed E-state index contributed by atoms with van der Waals surface area (Å²) in [7, 11) is 0. The van der Waals surface area contributed by atoms with E-state index in [9.17, 15) is 24.5 Å². The molecule has 0 radical (unpaired) electrons. The van der Waals surface area contributed by atoms with Gasteiger partial charge in [0, 0.05) is 5.56 Å². The third-order valence-electron chi connectivity index (χ3n) is 3.83. The summed E-state index contributed by atoms with van der Waals surface area (Å²) in [6.07, 6.45) is 2.57. The summed E-state index contributed by atoms with van der Waals surface area (Å²) >= 11 is 0. The van der Waals surface area contributed by atoms with Crippen molar-refractivity contribution in [3.63, 3.8) is 0 Å². The molecule has 0 unspecified atom stereocenters. The second-order valence-corrected chi connectivity index (χ2v) is 5.76. The van der Waals surface area contributed by atoms with E-state index in [-0.39, 0.29) is 12.3 Å². The Bertz CT molecular complexity index is 1220. The summed E-state index contributed by atoms with van der Waals surface area (Å²) in [5, 5.41) is 11.1. The third-order valence-corrected chi connectivity index (χ3v) is 3.83. The first-order valence-electron chi connectivity index (χ1n) is 8.45. The second-order valence-electron chi connectivity index (χ2n) is 5.76. The molecule has 3 rings (SSSR count). The molecule has 2 heterocycles. The lowest BCUT2D eigenvalue weighted by molar-refractivity contribution is -0.386. The molecule has 0 amide bonds. The number of esters is 1. The van der Waals surface area contributed by atoms with Gasteiger partial charge in [0.1, 0.15) is 17.2 Å². The Morgan fingerprint density at radius 1 is 1.21 bits per heavy atom. The van der Waals surface area contributed by atoms with Gasteiger partial charge < -0.3 is 14.1 Å². The van der Waals surface area contributed by atoms with E-state index in [1.165, 1.54) is 12.2 Å². The van der Waals surface area contributed by atoms with Crippen LogP contribution in [0.15, 0.2) is 50.4 Å². The van der Waals surface area contributed by atoms with E-state index in [1.807, 2.05) is 0 Å². The van der Waals surface area contributed by atoms with Crippen LogP contribution in [-0.4, -0.2) is 27.5 Å². The van der Waals surface area contributed by atoms with Gasteiger partial charge in [0.15, 0.2) is 0 Å². The maximum atomic E-state index is 11.9. The largest absolute Gasteiger partial charge is 0.462 e. The first-order chi connectivity index (χ1) is 13.9. The van der Waals surface area contributed by atoms with Crippen LogP contribution >= 0.6 is 0 Å². The maximum Gasteiger partial charge on any atom is 0.357 e. The summed E-state index contributed by atoms with van der Waals surface area (Å²) in [5.41, 5.74) is -2.01. The highest BCUT2D eigenvalue weighted by molar-refractivity contribution is 5.90. The lowest BCUT2D eigenvalue weighted by Gasteiger charge is -2.03. The molecular weight excluding hydrogens is 382 g/mol. The van der Waals surface area contributed by atoms with Crippen molar-refractivity contribution in [3.8, 4) is 11.3 Å². The molecule has 0 spiro atoms. The van der Waals surface area contributed by atoms with Crippen molar-refractivity contribution in [1.82, 2.24) is 9.97 Å². The third kappa shape index (κ3) is 4.38. The lowest BCUT2D eigenvalue weighted by atomic mass is 10.1. The minimum atomic E-state index is -1.10. The molecule has 0 saturated heterocycles. The SMILES string of the molecule is CCOC(=O)c1cccc(-c2ccc(/C=C/c3[nH]c(=O)[nH]c(=O)c3[N+](=O)[O-])o2)c1. The van der Waals surface area contributed by atoms with Gasteiger partial charge in [0.25, 0.3) is 0 Å². The number of hydrogen-bond donors (Lipinski definition) is 2. The minimum absolute atomic E-state index is 0.258. The average molecular weight is 397 g/mol.